The van der Waals surface area contributed by atoms with Crippen molar-refractivity contribution in [1.29, 1.82) is 0 Å². The van der Waals surface area contributed by atoms with Crippen LogP contribution >= 0.6 is 23.4 Å². The second-order valence-corrected chi connectivity index (χ2v) is 6.86. The molecule has 6 nitrogen and oxygen atoms in total. The van der Waals surface area contributed by atoms with Gasteiger partial charge in [0.15, 0.2) is 17.6 Å². The molecule has 1 aromatic heterocycles. The largest absolute Gasteiger partial charge is 0.468 e. The van der Waals surface area contributed by atoms with Crippen LogP contribution in [0, 0.1) is 6.92 Å². The Kier molecular flexibility index (Phi) is 7.25. The molecule has 0 spiro atoms. The number of esters is 1. The molecular weight excluding hydrogens is 376 g/mol. The molecule has 0 aliphatic rings. The Morgan fingerprint density at radius 2 is 2.04 bits per heavy atom. The van der Waals surface area contributed by atoms with E-state index in [1.54, 1.807) is 46.1 Å². The third kappa shape index (κ3) is 4.87. The second kappa shape index (κ2) is 9.21. The van der Waals surface area contributed by atoms with E-state index in [9.17, 15) is 4.79 Å². The van der Waals surface area contributed by atoms with Crippen LogP contribution in [0.5, 0.6) is 5.75 Å². The zero-order chi connectivity index (χ0) is 19.3. The van der Waals surface area contributed by atoms with Gasteiger partial charge in [-0.1, -0.05) is 23.4 Å². The lowest BCUT2D eigenvalue weighted by atomic mass is 10.1. The predicted molar refractivity (Wildman–Crippen MR) is 102 cm³/mol. The highest BCUT2D eigenvalue weighted by Crippen LogP contribution is 2.33. The van der Waals surface area contributed by atoms with Crippen LogP contribution in [0.4, 0.5) is 0 Å². The molecule has 0 aliphatic carbocycles. The number of aromatic nitrogens is 2. The van der Waals surface area contributed by atoms with Crippen molar-refractivity contribution in [2.75, 3.05) is 20.2 Å². The maximum Gasteiger partial charge on any atom is 0.357 e. The van der Waals surface area contributed by atoms with Gasteiger partial charge in [0, 0.05) is 18.2 Å². The summed E-state index contributed by atoms with van der Waals surface area (Å²) < 4.78 is 15.6. The molecule has 0 radical (unpaired) electrons. The molecule has 0 bridgehead atoms. The monoisotopic (exact) mass is 396 g/mol. The van der Waals surface area contributed by atoms with Gasteiger partial charge in [0.25, 0.3) is 0 Å². The van der Waals surface area contributed by atoms with Gasteiger partial charge in [0.2, 0.25) is 0 Å². The molecule has 0 saturated carbocycles. The molecular formula is C18H21ClN2O4S. The van der Waals surface area contributed by atoms with Crippen LogP contribution < -0.4 is 4.74 Å². The quantitative estimate of drug-likeness (QED) is 0.297. The van der Waals surface area contributed by atoms with E-state index in [1.807, 2.05) is 6.26 Å². The molecule has 2 aromatic rings. The SMILES string of the molecule is COCOc1ccc(-c2nc(SC)nc(C(=O)OC(C)C)c2C)c(Cl)c1. The molecule has 0 unspecified atom stereocenters. The fraction of sp³-hybridized carbons (Fsp3) is 0.389. The van der Waals surface area contributed by atoms with Gasteiger partial charge < -0.3 is 14.2 Å². The van der Waals surface area contributed by atoms with E-state index < -0.39 is 5.97 Å². The van der Waals surface area contributed by atoms with Gasteiger partial charge in [-0.15, -0.1) is 0 Å². The topological polar surface area (TPSA) is 70.5 Å². The lowest BCUT2D eigenvalue weighted by Gasteiger charge is -2.14. The number of halogens is 1. The van der Waals surface area contributed by atoms with Crippen molar-refractivity contribution >= 4 is 29.3 Å². The Labute approximate surface area is 162 Å². The van der Waals surface area contributed by atoms with E-state index in [4.69, 9.17) is 25.8 Å². The van der Waals surface area contributed by atoms with Crippen molar-refractivity contribution in [1.82, 2.24) is 9.97 Å². The number of thioether (sulfide) groups is 1. The van der Waals surface area contributed by atoms with Gasteiger partial charge in [0.05, 0.1) is 16.8 Å². The van der Waals surface area contributed by atoms with Crippen LogP contribution in [0.25, 0.3) is 11.3 Å². The summed E-state index contributed by atoms with van der Waals surface area (Å²) in [6, 6.07) is 5.25. The van der Waals surface area contributed by atoms with Gasteiger partial charge in [-0.25, -0.2) is 14.8 Å². The van der Waals surface area contributed by atoms with Crippen molar-refractivity contribution in [2.24, 2.45) is 0 Å². The molecule has 0 amide bonds. The molecule has 0 aliphatic heterocycles. The van der Waals surface area contributed by atoms with E-state index in [2.05, 4.69) is 9.97 Å². The van der Waals surface area contributed by atoms with Crippen molar-refractivity contribution in [3.05, 3.63) is 34.5 Å². The standard InChI is InChI=1S/C18H21ClN2O4S/c1-10(2)25-17(22)16-11(3)15(20-18(21-16)26-5)13-7-6-12(8-14(13)19)24-9-23-4/h6-8,10H,9H2,1-5H3. The minimum absolute atomic E-state index is 0.129. The zero-order valence-electron chi connectivity index (χ0n) is 15.3. The number of ether oxygens (including phenoxy) is 3. The zero-order valence-corrected chi connectivity index (χ0v) is 16.9. The number of methoxy groups -OCH3 is 1. The first-order valence-electron chi connectivity index (χ1n) is 7.92. The van der Waals surface area contributed by atoms with Crippen LogP contribution in [0.3, 0.4) is 0 Å². The van der Waals surface area contributed by atoms with Crippen molar-refractivity contribution < 1.29 is 19.0 Å². The summed E-state index contributed by atoms with van der Waals surface area (Å²) in [6.07, 6.45) is 1.61. The molecule has 0 N–H and O–H groups in total. The average Bonchev–Trinajstić information content (AvgIpc) is 2.60. The Bertz CT molecular complexity index is 799. The maximum absolute atomic E-state index is 12.4. The van der Waals surface area contributed by atoms with E-state index >= 15 is 0 Å². The van der Waals surface area contributed by atoms with Gasteiger partial charge >= 0.3 is 5.97 Å². The van der Waals surface area contributed by atoms with Crippen LogP contribution in [-0.2, 0) is 9.47 Å². The van der Waals surface area contributed by atoms with Gasteiger partial charge in [-0.05, 0) is 45.2 Å². The molecule has 26 heavy (non-hydrogen) atoms. The third-order valence-electron chi connectivity index (χ3n) is 3.38. The first-order chi connectivity index (χ1) is 12.4. The molecule has 8 heteroatoms. The number of nitrogens with zero attached hydrogens (tertiary/aromatic N) is 2. The van der Waals surface area contributed by atoms with Crippen LogP contribution in [0.2, 0.25) is 5.02 Å². The summed E-state index contributed by atoms with van der Waals surface area (Å²) >= 11 is 7.76. The number of benzene rings is 1. The van der Waals surface area contributed by atoms with Crippen molar-refractivity contribution in [3.8, 4) is 17.0 Å². The summed E-state index contributed by atoms with van der Waals surface area (Å²) in [5, 5.41) is 0.924. The van der Waals surface area contributed by atoms with Gasteiger partial charge in [0.1, 0.15) is 5.75 Å². The fourth-order valence-electron chi connectivity index (χ4n) is 2.22. The number of hydrogen-bond donors (Lipinski definition) is 0. The molecule has 1 aromatic carbocycles. The van der Waals surface area contributed by atoms with E-state index in [1.165, 1.54) is 11.8 Å². The number of carbonyl (C=O) groups excluding carboxylic acids is 1. The number of rotatable bonds is 7. The van der Waals surface area contributed by atoms with E-state index in [-0.39, 0.29) is 18.6 Å². The molecule has 0 atom stereocenters. The highest BCUT2D eigenvalue weighted by Gasteiger charge is 2.21. The minimum Gasteiger partial charge on any atom is -0.468 e. The molecule has 0 fully saturated rings. The van der Waals surface area contributed by atoms with E-state index in [0.717, 1.165) is 0 Å². The minimum atomic E-state index is -0.479. The maximum atomic E-state index is 12.4. The smallest absolute Gasteiger partial charge is 0.357 e. The summed E-state index contributed by atoms with van der Waals surface area (Å²) in [7, 11) is 1.54. The fourth-order valence-corrected chi connectivity index (χ4v) is 2.85. The Morgan fingerprint density at radius 1 is 1.31 bits per heavy atom. The highest BCUT2D eigenvalue weighted by molar-refractivity contribution is 7.98. The van der Waals surface area contributed by atoms with Crippen LogP contribution in [-0.4, -0.2) is 42.2 Å². The molecule has 1 heterocycles. The summed E-state index contributed by atoms with van der Waals surface area (Å²) in [5.74, 6) is 0.101. The number of carbonyl (C=O) groups is 1. The summed E-state index contributed by atoms with van der Waals surface area (Å²) in [4.78, 5) is 21.2. The number of hydrogen-bond acceptors (Lipinski definition) is 7. The average molecular weight is 397 g/mol. The third-order valence-corrected chi connectivity index (χ3v) is 4.24. The van der Waals surface area contributed by atoms with Gasteiger partial charge in [-0.2, -0.15) is 0 Å². The first-order valence-corrected chi connectivity index (χ1v) is 9.52. The van der Waals surface area contributed by atoms with Gasteiger partial charge in [-0.3, -0.25) is 0 Å². The summed E-state index contributed by atoms with van der Waals surface area (Å²) in [5.41, 5.74) is 2.12. The highest BCUT2D eigenvalue weighted by atomic mass is 35.5. The first kappa shape index (κ1) is 20.5. The van der Waals surface area contributed by atoms with Crippen LogP contribution in [0.1, 0.15) is 29.9 Å². The van der Waals surface area contributed by atoms with Crippen molar-refractivity contribution in [3.63, 3.8) is 0 Å². The second-order valence-electron chi connectivity index (χ2n) is 5.68. The molecule has 2 rings (SSSR count). The molecule has 140 valence electrons. The normalized spacial score (nSPS) is 10.9. The lowest BCUT2D eigenvalue weighted by Crippen LogP contribution is -2.16. The van der Waals surface area contributed by atoms with Crippen molar-refractivity contribution in [2.45, 2.75) is 32.0 Å². The van der Waals surface area contributed by atoms with Crippen LogP contribution in [0.15, 0.2) is 23.4 Å². The van der Waals surface area contributed by atoms with E-state index in [0.29, 0.717) is 32.7 Å². The Balaban J connectivity index is 2.50. The molecule has 0 saturated heterocycles. The summed E-state index contributed by atoms with van der Waals surface area (Å²) in [6.45, 7) is 5.49. The Morgan fingerprint density at radius 3 is 2.62 bits per heavy atom. The predicted octanol–water partition coefficient (Wildman–Crippen LogP) is 4.38. The Hall–Kier alpha value is -1.83. The lowest BCUT2D eigenvalue weighted by molar-refractivity contribution is 0.0368.